The van der Waals surface area contributed by atoms with E-state index < -0.39 is 0 Å². The molecule has 0 spiro atoms. The van der Waals surface area contributed by atoms with Gasteiger partial charge in [-0.1, -0.05) is 15.9 Å². The van der Waals surface area contributed by atoms with E-state index in [0.717, 1.165) is 31.4 Å². The highest BCUT2D eigenvalue weighted by Crippen LogP contribution is 2.36. The number of nitriles is 1. The number of ether oxygens (including phenoxy) is 1. The van der Waals surface area contributed by atoms with E-state index in [1.807, 2.05) is 25.1 Å². The zero-order chi connectivity index (χ0) is 13.8. The molecule has 2 rings (SSSR count). The van der Waals surface area contributed by atoms with Crippen LogP contribution in [0.2, 0.25) is 0 Å². The predicted molar refractivity (Wildman–Crippen MR) is 80.5 cm³/mol. The Balaban J connectivity index is 2.44. The van der Waals surface area contributed by atoms with Crippen molar-refractivity contribution in [3.8, 4) is 23.1 Å². The van der Waals surface area contributed by atoms with Gasteiger partial charge in [0.15, 0.2) is 0 Å². The standard InChI is InChI=1S/C14H13BrN2OS/c1-9-14(17-13(19-9)4-3-7-16)11-8-10(15)5-6-12(11)18-2/h5-6,8H,3-4H2,1-2H3. The number of rotatable bonds is 4. The maximum Gasteiger partial charge on any atom is 0.128 e. The lowest BCUT2D eigenvalue weighted by Crippen LogP contribution is -1.90. The largest absolute Gasteiger partial charge is 0.496 e. The van der Waals surface area contributed by atoms with E-state index in [9.17, 15) is 0 Å². The molecule has 0 aliphatic heterocycles. The maximum absolute atomic E-state index is 8.64. The zero-order valence-corrected chi connectivity index (χ0v) is 13.1. The van der Waals surface area contributed by atoms with Gasteiger partial charge in [-0.25, -0.2) is 4.98 Å². The SMILES string of the molecule is COc1ccc(Br)cc1-c1nc(CCC#N)sc1C. The normalized spacial score (nSPS) is 10.2. The molecule has 19 heavy (non-hydrogen) atoms. The van der Waals surface area contributed by atoms with Gasteiger partial charge < -0.3 is 4.74 Å². The van der Waals surface area contributed by atoms with Gasteiger partial charge in [0.05, 0.1) is 23.9 Å². The topological polar surface area (TPSA) is 45.9 Å². The van der Waals surface area contributed by atoms with Gasteiger partial charge in [0.2, 0.25) is 0 Å². The van der Waals surface area contributed by atoms with Crippen LogP contribution in [0.1, 0.15) is 16.3 Å². The third-order valence-electron chi connectivity index (χ3n) is 2.71. The van der Waals surface area contributed by atoms with Gasteiger partial charge in [0.1, 0.15) is 5.75 Å². The lowest BCUT2D eigenvalue weighted by atomic mass is 10.1. The lowest BCUT2D eigenvalue weighted by molar-refractivity contribution is 0.416. The number of nitrogens with zero attached hydrogens (tertiary/aromatic N) is 2. The van der Waals surface area contributed by atoms with Crippen LogP contribution in [0.5, 0.6) is 5.75 Å². The summed E-state index contributed by atoms with van der Waals surface area (Å²) in [6.45, 7) is 2.04. The average Bonchev–Trinajstić information content (AvgIpc) is 2.77. The molecule has 2 aromatic rings. The van der Waals surface area contributed by atoms with Gasteiger partial charge in [0, 0.05) is 27.8 Å². The summed E-state index contributed by atoms with van der Waals surface area (Å²) in [4.78, 5) is 5.78. The van der Waals surface area contributed by atoms with Gasteiger partial charge in [-0.05, 0) is 25.1 Å². The molecule has 98 valence electrons. The molecule has 0 N–H and O–H groups in total. The van der Waals surface area contributed by atoms with E-state index in [-0.39, 0.29) is 0 Å². The first kappa shape index (κ1) is 14.0. The van der Waals surface area contributed by atoms with Crippen LogP contribution in [0.3, 0.4) is 0 Å². The minimum atomic E-state index is 0.502. The average molecular weight is 337 g/mol. The Labute approximate surface area is 125 Å². The Kier molecular flexibility index (Phi) is 4.56. The Morgan fingerprint density at radius 2 is 2.26 bits per heavy atom. The van der Waals surface area contributed by atoms with Gasteiger partial charge in [0.25, 0.3) is 0 Å². The fourth-order valence-electron chi connectivity index (χ4n) is 1.84. The Hall–Kier alpha value is -1.38. The van der Waals surface area contributed by atoms with E-state index in [1.165, 1.54) is 0 Å². The Morgan fingerprint density at radius 1 is 1.47 bits per heavy atom. The molecule has 3 nitrogen and oxygen atoms in total. The molecule has 0 amide bonds. The molecule has 1 aromatic heterocycles. The van der Waals surface area contributed by atoms with Crippen molar-refractivity contribution in [2.24, 2.45) is 0 Å². The third kappa shape index (κ3) is 3.14. The summed E-state index contributed by atoms with van der Waals surface area (Å²) in [5.74, 6) is 0.809. The van der Waals surface area contributed by atoms with E-state index >= 15 is 0 Å². The Bertz CT molecular complexity index is 631. The van der Waals surface area contributed by atoms with Crippen molar-refractivity contribution < 1.29 is 4.74 Å². The molecule has 5 heteroatoms. The van der Waals surface area contributed by atoms with Crippen molar-refractivity contribution in [2.45, 2.75) is 19.8 Å². The first-order valence-corrected chi connectivity index (χ1v) is 7.44. The number of aryl methyl sites for hydroxylation is 2. The van der Waals surface area contributed by atoms with Crippen LogP contribution in [0, 0.1) is 18.3 Å². The van der Waals surface area contributed by atoms with Crippen molar-refractivity contribution in [3.05, 3.63) is 32.6 Å². The predicted octanol–water partition coefficient (Wildman–Crippen LogP) is 4.35. The van der Waals surface area contributed by atoms with E-state index in [0.29, 0.717) is 12.8 Å². The van der Waals surface area contributed by atoms with Crippen LogP contribution in [0.25, 0.3) is 11.3 Å². The van der Waals surface area contributed by atoms with Gasteiger partial charge in [-0.2, -0.15) is 5.26 Å². The molecule has 0 bridgehead atoms. The first-order valence-electron chi connectivity index (χ1n) is 5.83. The van der Waals surface area contributed by atoms with Crippen molar-refractivity contribution in [3.63, 3.8) is 0 Å². The summed E-state index contributed by atoms with van der Waals surface area (Å²) in [5, 5.41) is 9.64. The van der Waals surface area contributed by atoms with E-state index in [2.05, 4.69) is 27.0 Å². The molecule has 0 atom stereocenters. The maximum atomic E-state index is 8.64. The highest BCUT2D eigenvalue weighted by Gasteiger charge is 2.14. The van der Waals surface area contributed by atoms with Gasteiger partial charge >= 0.3 is 0 Å². The number of methoxy groups -OCH3 is 1. The minimum Gasteiger partial charge on any atom is -0.496 e. The molecule has 0 fully saturated rings. The molecular weight excluding hydrogens is 324 g/mol. The quantitative estimate of drug-likeness (QED) is 0.833. The molecule has 0 unspecified atom stereocenters. The van der Waals surface area contributed by atoms with E-state index in [1.54, 1.807) is 18.4 Å². The van der Waals surface area contributed by atoms with Crippen LogP contribution in [0.4, 0.5) is 0 Å². The summed E-state index contributed by atoms with van der Waals surface area (Å²) in [6, 6.07) is 8.03. The second-order valence-electron chi connectivity index (χ2n) is 4.02. The van der Waals surface area contributed by atoms with Crippen LogP contribution >= 0.6 is 27.3 Å². The number of hydrogen-bond donors (Lipinski definition) is 0. The molecular formula is C14H13BrN2OS. The van der Waals surface area contributed by atoms with Crippen LogP contribution < -0.4 is 4.74 Å². The van der Waals surface area contributed by atoms with Crippen molar-refractivity contribution in [1.82, 2.24) is 4.98 Å². The number of hydrogen-bond acceptors (Lipinski definition) is 4. The second-order valence-corrected chi connectivity index (χ2v) is 6.22. The summed E-state index contributed by atoms with van der Waals surface area (Å²) in [6.07, 6.45) is 1.21. The smallest absolute Gasteiger partial charge is 0.128 e. The molecule has 1 heterocycles. The number of thiazole rings is 1. The summed E-state index contributed by atoms with van der Waals surface area (Å²) >= 11 is 5.11. The fraction of sp³-hybridized carbons (Fsp3) is 0.286. The number of aromatic nitrogens is 1. The summed E-state index contributed by atoms with van der Waals surface area (Å²) in [7, 11) is 1.66. The highest BCUT2D eigenvalue weighted by molar-refractivity contribution is 9.10. The number of halogens is 1. The van der Waals surface area contributed by atoms with Crippen molar-refractivity contribution in [2.75, 3.05) is 7.11 Å². The van der Waals surface area contributed by atoms with E-state index in [4.69, 9.17) is 10.00 Å². The van der Waals surface area contributed by atoms with Crippen LogP contribution in [-0.2, 0) is 6.42 Å². The molecule has 0 saturated carbocycles. The first-order chi connectivity index (χ1) is 9.15. The van der Waals surface area contributed by atoms with Crippen LogP contribution in [0.15, 0.2) is 22.7 Å². The Morgan fingerprint density at radius 3 is 2.95 bits per heavy atom. The second kappa shape index (κ2) is 6.18. The zero-order valence-electron chi connectivity index (χ0n) is 10.7. The third-order valence-corrected chi connectivity index (χ3v) is 4.23. The number of benzene rings is 1. The lowest BCUT2D eigenvalue weighted by Gasteiger charge is -2.07. The summed E-state index contributed by atoms with van der Waals surface area (Å²) in [5.41, 5.74) is 1.92. The van der Waals surface area contributed by atoms with Crippen molar-refractivity contribution >= 4 is 27.3 Å². The molecule has 1 aromatic carbocycles. The fourth-order valence-corrected chi connectivity index (χ4v) is 3.14. The summed E-state index contributed by atoms with van der Waals surface area (Å²) < 4.78 is 6.39. The highest BCUT2D eigenvalue weighted by atomic mass is 79.9. The van der Waals surface area contributed by atoms with Gasteiger partial charge in [-0.3, -0.25) is 0 Å². The molecule has 0 aliphatic rings. The van der Waals surface area contributed by atoms with Crippen molar-refractivity contribution in [1.29, 1.82) is 5.26 Å². The van der Waals surface area contributed by atoms with Gasteiger partial charge in [-0.15, -0.1) is 11.3 Å². The monoisotopic (exact) mass is 336 g/mol. The molecule has 0 aliphatic carbocycles. The van der Waals surface area contributed by atoms with Crippen LogP contribution in [-0.4, -0.2) is 12.1 Å². The minimum absolute atomic E-state index is 0.502. The molecule has 0 saturated heterocycles. The molecule has 0 radical (unpaired) electrons.